The van der Waals surface area contributed by atoms with Crippen LogP contribution in [0.4, 0.5) is 0 Å². The van der Waals surface area contributed by atoms with Crippen molar-refractivity contribution in [2.75, 3.05) is 0 Å². The molecule has 0 saturated carbocycles. The molecular weight excluding hydrogens is 304 g/mol. The van der Waals surface area contributed by atoms with E-state index in [1.807, 2.05) is 31.2 Å². The second-order valence-electron chi connectivity index (χ2n) is 6.29. The molecule has 0 amide bonds. The zero-order valence-electron chi connectivity index (χ0n) is 13.7. The number of pyridine rings is 2. The van der Waals surface area contributed by atoms with Gasteiger partial charge in [-0.2, -0.15) is 10.5 Å². The Morgan fingerprint density at radius 2 is 1.35 bits per heavy atom. The van der Waals surface area contributed by atoms with Crippen molar-refractivity contribution in [2.45, 2.75) is 32.2 Å². The Balaban J connectivity index is 2.65. The molecule has 0 unspecified atom stereocenters. The maximum Gasteiger partial charge on any atom is 0.185 e. The van der Waals surface area contributed by atoms with E-state index in [1.54, 1.807) is 24.3 Å². The number of nitriles is 2. The summed E-state index contributed by atoms with van der Waals surface area (Å²) in [5.74, 6) is 0. The summed E-state index contributed by atoms with van der Waals surface area (Å²) < 4.78 is 6.39. The van der Waals surface area contributed by atoms with Crippen LogP contribution in [0.5, 0.6) is 0 Å². The summed E-state index contributed by atoms with van der Waals surface area (Å²) in [4.78, 5) is 8.79. The summed E-state index contributed by atoms with van der Waals surface area (Å²) >= 11 is 0. The Labute approximate surface area is 137 Å². The highest BCUT2D eigenvalue weighted by atomic mass is 28.4. The molecule has 2 aromatic rings. The molecule has 6 heteroatoms. The minimum atomic E-state index is -1.96. The molecule has 0 atom stereocenters. The zero-order chi connectivity index (χ0) is 17.1. The van der Waals surface area contributed by atoms with Crippen LogP contribution in [0.15, 0.2) is 36.4 Å². The molecule has 0 spiro atoms. The van der Waals surface area contributed by atoms with Crippen molar-refractivity contribution < 1.29 is 4.43 Å². The van der Waals surface area contributed by atoms with Gasteiger partial charge < -0.3 is 4.43 Å². The van der Waals surface area contributed by atoms with Crippen LogP contribution >= 0.6 is 0 Å². The molecule has 0 aromatic carbocycles. The molecule has 0 aliphatic heterocycles. The Morgan fingerprint density at radius 3 is 1.70 bits per heavy atom. The third kappa shape index (κ3) is 3.81. The van der Waals surface area contributed by atoms with Crippen LogP contribution in [0, 0.1) is 22.7 Å². The minimum absolute atomic E-state index is 0.323. The van der Waals surface area contributed by atoms with Crippen molar-refractivity contribution in [3.63, 3.8) is 0 Å². The quantitative estimate of drug-likeness (QED) is 0.806. The number of rotatable bonds is 4. The Morgan fingerprint density at radius 1 is 0.913 bits per heavy atom. The monoisotopic (exact) mass is 322 g/mol. The molecule has 0 saturated heterocycles. The fourth-order valence-corrected chi connectivity index (χ4v) is 3.81. The van der Waals surface area contributed by atoms with Crippen LogP contribution in [0.3, 0.4) is 0 Å². The maximum absolute atomic E-state index is 9.11. The lowest BCUT2D eigenvalue weighted by molar-refractivity contribution is 0.114. The molecule has 5 nitrogen and oxygen atoms in total. The van der Waals surface area contributed by atoms with E-state index in [0.717, 1.165) is 0 Å². The largest absolute Gasteiger partial charge is 0.402 e. The molecule has 0 aliphatic rings. The normalized spacial score (nSPS) is 11.6. The predicted molar refractivity (Wildman–Crippen MR) is 88.8 cm³/mol. The first kappa shape index (κ1) is 16.8. The van der Waals surface area contributed by atoms with E-state index in [9.17, 15) is 0 Å². The third-order valence-electron chi connectivity index (χ3n) is 3.22. The van der Waals surface area contributed by atoms with Crippen LogP contribution in [-0.4, -0.2) is 18.3 Å². The van der Waals surface area contributed by atoms with Crippen molar-refractivity contribution in [2.24, 2.45) is 0 Å². The van der Waals surface area contributed by atoms with E-state index in [1.165, 1.54) is 0 Å². The lowest BCUT2D eigenvalue weighted by Gasteiger charge is -2.35. The SMILES string of the molecule is CC(O[Si](C)(C)C)(c1cccc(C#N)n1)c1cccc(C#N)n1. The highest BCUT2D eigenvalue weighted by Gasteiger charge is 2.38. The van der Waals surface area contributed by atoms with Gasteiger partial charge in [0.2, 0.25) is 0 Å². The van der Waals surface area contributed by atoms with Gasteiger partial charge in [-0.3, -0.25) is 0 Å². The Kier molecular flexibility index (Phi) is 4.60. The van der Waals surface area contributed by atoms with Gasteiger partial charge in [-0.05, 0) is 50.8 Å². The zero-order valence-corrected chi connectivity index (χ0v) is 14.7. The average molecular weight is 322 g/mol. The molecule has 116 valence electrons. The van der Waals surface area contributed by atoms with E-state index in [0.29, 0.717) is 22.8 Å². The summed E-state index contributed by atoms with van der Waals surface area (Å²) in [6, 6.07) is 14.6. The fourth-order valence-electron chi connectivity index (χ4n) is 2.37. The van der Waals surface area contributed by atoms with Crippen molar-refractivity contribution >= 4 is 8.32 Å². The third-order valence-corrected chi connectivity index (χ3v) is 4.24. The first-order valence-corrected chi connectivity index (χ1v) is 10.6. The smallest absolute Gasteiger partial charge is 0.185 e. The molecule has 0 N–H and O–H groups in total. The molecule has 2 rings (SSSR count). The lowest BCUT2D eigenvalue weighted by atomic mass is 9.96. The number of hydrogen-bond acceptors (Lipinski definition) is 5. The predicted octanol–water partition coefficient (Wildman–Crippen LogP) is 3.33. The van der Waals surface area contributed by atoms with E-state index in [4.69, 9.17) is 14.9 Å². The second kappa shape index (κ2) is 6.29. The van der Waals surface area contributed by atoms with Crippen molar-refractivity contribution in [1.29, 1.82) is 10.5 Å². The molecule has 0 bridgehead atoms. The highest BCUT2D eigenvalue weighted by molar-refractivity contribution is 6.69. The van der Waals surface area contributed by atoms with E-state index in [2.05, 4.69) is 29.6 Å². The van der Waals surface area contributed by atoms with Gasteiger partial charge in [0.1, 0.15) is 29.1 Å². The van der Waals surface area contributed by atoms with Crippen molar-refractivity contribution in [3.05, 3.63) is 59.2 Å². The highest BCUT2D eigenvalue weighted by Crippen LogP contribution is 2.34. The number of nitrogens with zero attached hydrogens (tertiary/aromatic N) is 4. The van der Waals surface area contributed by atoms with Gasteiger partial charge in [0.25, 0.3) is 0 Å². The van der Waals surface area contributed by atoms with Gasteiger partial charge in [-0.1, -0.05) is 12.1 Å². The van der Waals surface area contributed by atoms with Gasteiger partial charge in [0.05, 0.1) is 11.4 Å². The van der Waals surface area contributed by atoms with Crippen molar-refractivity contribution in [1.82, 2.24) is 9.97 Å². The van der Waals surface area contributed by atoms with Crippen LogP contribution in [0.2, 0.25) is 19.6 Å². The minimum Gasteiger partial charge on any atom is -0.402 e. The van der Waals surface area contributed by atoms with Gasteiger partial charge in [0.15, 0.2) is 8.32 Å². The second-order valence-corrected chi connectivity index (χ2v) is 10.7. The van der Waals surface area contributed by atoms with Gasteiger partial charge in [-0.25, -0.2) is 9.97 Å². The van der Waals surface area contributed by atoms with Gasteiger partial charge in [0, 0.05) is 0 Å². The standard InChI is InChI=1S/C17H18N4OSi/c1-17(22-23(2,3)4,15-9-5-7-13(11-18)20-15)16-10-6-8-14(12-19)21-16/h5-10H,1-4H3. The molecule has 2 aromatic heterocycles. The summed E-state index contributed by atoms with van der Waals surface area (Å²) in [5.41, 5.74) is 0.960. The van der Waals surface area contributed by atoms with E-state index in [-0.39, 0.29) is 0 Å². The van der Waals surface area contributed by atoms with Gasteiger partial charge in [-0.15, -0.1) is 0 Å². The first-order chi connectivity index (χ1) is 10.8. The van der Waals surface area contributed by atoms with Crippen LogP contribution in [-0.2, 0) is 10.0 Å². The Hall–Kier alpha value is -2.54. The Bertz CT molecular complexity index is 742. The van der Waals surface area contributed by atoms with Gasteiger partial charge >= 0.3 is 0 Å². The van der Waals surface area contributed by atoms with E-state index >= 15 is 0 Å². The van der Waals surface area contributed by atoms with Crippen LogP contribution < -0.4 is 0 Å². The molecule has 0 radical (unpaired) electrons. The average Bonchev–Trinajstić information content (AvgIpc) is 2.53. The lowest BCUT2D eigenvalue weighted by Crippen LogP contribution is -2.40. The molecule has 2 heterocycles. The van der Waals surface area contributed by atoms with E-state index < -0.39 is 13.9 Å². The summed E-state index contributed by atoms with van der Waals surface area (Å²) in [6.07, 6.45) is 0. The molecule has 0 fully saturated rings. The first-order valence-electron chi connectivity index (χ1n) is 7.24. The summed E-state index contributed by atoms with van der Waals surface area (Å²) in [5, 5.41) is 18.2. The number of hydrogen-bond donors (Lipinski definition) is 0. The summed E-state index contributed by atoms with van der Waals surface area (Å²) in [6.45, 7) is 8.12. The number of aromatic nitrogens is 2. The van der Waals surface area contributed by atoms with Crippen LogP contribution in [0.25, 0.3) is 0 Å². The fraction of sp³-hybridized carbons (Fsp3) is 0.294. The summed E-state index contributed by atoms with van der Waals surface area (Å²) in [7, 11) is -1.96. The van der Waals surface area contributed by atoms with Crippen LogP contribution in [0.1, 0.15) is 29.7 Å². The molecule has 23 heavy (non-hydrogen) atoms. The van der Waals surface area contributed by atoms with Crippen molar-refractivity contribution in [3.8, 4) is 12.1 Å². The maximum atomic E-state index is 9.11. The molecule has 0 aliphatic carbocycles. The topological polar surface area (TPSA) is 82.6 Å². The molecular formula is C17H18N4OSi.